The van der Waals surface area contributed by atoms with E-state index in [0.717, 1.165) is 4.90 Å². The number of pyridine rings is 1. The smallest absolute Gasteiger partial charge is 0.270 e. The molecule has 7 heteroatoms. The van der Waals surface area contributed by atoms with Crippen LogP contribution in [0, 0.1) is 10.1 Å². The Hall–Kier alpha value is -2.41. The Labute approximate surface area is 124 Å². The molecule has 6 nitrogen and oxygen atoms in total. The lowest BCUT2D eigenvalue weighted by molar-refractivity contribution is -0.384. The van der Waals surface area contributed by atoms with Gasteiger partial charge in [0.1, 0.15) is 5.82 Å². The van der Waals surface area contributed by atoms with Gasteiger partial charge in [0.05, 0.1) is 15.4 Å². The number of aromatic nitrogens is 1. The summed E-state index contributed by atoms with van der Waals surface area (Å²) >= 11 is 1.40. The van der Waals surface area contributed by atoms with Gasteiger partial charge in [-0.15, -0.1) is 0 Å². The molecule has 1 aliphatic rings. The maximum Gasteiger partial charge on any atom is 0.270 e. The van der Waals surface area contributed by atoms with E-state index in [9.17, 15) is 14.9 Å². The number of nitro benzene ring substituents is 1. The summed E-state index contributed by atoms with van der Waals surface area (Å²) in [5.41, 5.74) is 0.256. The highest BCUT2D eigenvalue weighted by atomic mass is 32.2. The van der Waals surface area contributed by atoms with Gasteiger partial charge >= 0.3 is 0 Å². The molecule has 2 heterocycles. The van der Waals surface area contributed by atoms with Gasteiger partial charge in [0.25, 0.3) is 11.6 Å². The predicted octanol–water partition coefficient (Wildman–Crippen LogP) is 3.12. The number of non-ortho nitro benzene ring substituents is 1. The van der Waals surface area contributed by atoms with E-state index in [0.29, 0.717) is 22.8 Å². The number of rotatable bonds is 2. The molecule has 0 spiro atoms. The number of amides is 1. The lowest BCUT2D eigenvalue weighted by Gasteiger charge is -2.19. The summed E-state index contributed by atoms with van der Waals surface area (Å²) in [5.74, 6) is 0.329. The van der Waals surface area contributed by atoms with Gasteiger partial charge in [-0.05, 0) is 25.1 Å². The summed E-state index contributed by atoms with van der Waals surface area (Å²) in [6.07, 6.45) is 1.63. The number of benzene rings is 1. The van der Waals surface area contributed by atoms with E-state index in [1.54, 1.807) is 18.3 Å². The minimum absolute atomic E-state index is 0.0855. The highest BCUT2D eigenvalue weighted by molar-refractivity contribution is 7.99. The third-order valence-corrected chi connectivity index (χ3v) is 4.31. The summed E-state index contributed by atoms with van der Waals surface area (Å²) in [6.45, 7) is 2.30. The van der Waals surface area contributed by atoms with Crippen LogP contribution in [0.15, 0.2) is 46.3 Å². The molecule has 0 fully saturated rings. The zero-order valence-corrected chi connectivity index (χ0v) is 12.0. The van der Waals surface area contributed by atoms with Crippen molar-refractivity contribution in [3.63, 3.8) is 0 Å². The lowest BCUT2D eigenvalue weighted by atomic mass is 10.1. The Morgan fingerprint density at radius 1 is 1.33 bits per heavy atom. The number of carbonyl (C=O) groups is 1. The van der Waals surface area contributed by atoms with Gasteiger partial charge in [0.2, 0.25) is 0 Å². The Bertz CT molecular complexity index is 748. The highest BCUT2D eigenvalue weighted by Gasteiger charge is 2.28. The van der Waals surface area contributed by atoms with Crippen molar-refractivity contribution < 1.29 is 9.72 Å². The molecule has 106 valence electrons. The molecule has 0 saturated heterocycles. The van der Waals surface area contributed by atoms with Crippen LogP contribution in [0.4, 0.5) is 11.5 Å². The molecule has 0 unspecified atom stereocenters. The predicted molar refractivity (Wildman–Crippen MR) is 78.8 cm³/mol. The van der Waals surface area contributed by atoms with Crippen LogP contribution in [0.3, 0.4) is 0 Å². The summed E-state index contributed by atoms with van der Waals surface area (Å²) in [5, 5.41) is 10.9. The summed E-state index contributed by atoms with van der Waals surface area (Å²) in [4.78, 5) is 30.4. The van der Waals surface area contributed by atoms with E-state index in [4.69, 9.17) is 0 Å². The molecule has 0 saturated carbocycles. The Kier molecular flexibility index (Phi) is 3.34. The Morgan fingerprint density at radius 2 is 2.14 bits per heavy atom. The van der Waals surface area contributed by atoms with Crippen molar-refractivity contribution in [3.8, 4) is 0 Å². The van der Waals surface area contributed by atoms with Crippen molar-refractivity contribution in [2.45, 2.75) is 16.7 Å². The van der Waals surface area contributed by atoms with E-state index >= 15 is 0 Å². The van der Waals surface area contributed by atoms with Crippen molar-refractivity contribution in [2.24, 2.45) is 0 Å². The molecule has 3 rings (SSSR count). The summed E-state index contributed by atoms with van der Waals surface area (Å²) < 4.78 is 0. The second-order valence-electron chi connectivity index (χ2n) is 4.41. The van der Waals surface area contributed by atoms with Crippen molar-refractivity contribution in [3.05, 3.63) is 52.2 Å². The van der Waals surface area contributed by atoms with Crippen LogP contribution in [0.5, 0.6) is 0 Å². The molecule has 0 radical (unpaired) electrons. The molecule has 0 bridgehead atoms. The Balaban J connectivity index is 2.20. The standard InChI is InChI=1S/C14H11N3O3S/c1-2-16-13-12(4-3-7-15-13)21-11-6-5-9(17(19)20)8-10(11)14(16)18/h3-8H,2H2,1H3. The molecule has 1 aromatic carbocycles. The summed E-state index contributed by atoms with van der Waals surface area (Å²) in [6, 6.07) is 8.06. The number of hydrogen-bond donors (Lipinski definition) is 0. The van der Waals surface area contributed by atoms with E-state index in [1.165, 1.54) is 28.8 Å². The third-order valence-electron chi connectivity index (χ3n) is 3.19. The zero-order valence-electron chi connectivity index (χ0n) is 11.1. The third kappa shape index (κ3) is 2.25. The van der Waals surface area contributed by atoms with Crippen molar-refractivity contribution >= 4 is 29.2 Å². The fourth-order valence-electron chi connectivity index (χ4n) is 2.21. The topological polar surface area (TPSA) is 76.3 Å². The van der Waals surface area contributed by atoms with Crippen molar-refractivity contribution in [1.82, 2.24) is 4.98 Å². The van der Waals surface area contributed by atoms with E-state index < -0.39 is 4.92 Å². The molecule has 2 aromatic rings. The molecular weight excluding hydrogens is 290 g/mol. The van der Waals surface area contributed by atoms with Gasteiger partial charge in [-0.3, -0.25) is 19.8 Å². The average molecular weight is 301 g/mol. The van der Waals surface area contributed by atoms with E-state index in [-0.39, 0.29) is 11.6 Å². The van der Waals surface area contributed by atoms with Crippen LogP contribution < -0.4 is 4.90 Å². The molecule has 21 heavy (non-hydrogen) atoms. The normalized spacial score (nSPS) is 13.4. The van der Waals surface area contributed by atoms with E-state index in [1.807, 2.05) is 13.0 Å². The van der Waals surface area contributed by atoms with Gasteiger partial charge in [-0.2, -0.15) is 0 Å². The Morgan fingerprint density at radius 3 is 2.86 bits per heavy atom. The molecule has 0 N–H and O–H groups in total. The van der Waals surface area contributed by atoms with E-state index in [2.05, 4.69) is 4.98 Å². The number of carbonyl (C=O) groups excluding carboxylic acids is 1. The number of nitrogens with zero attached hydrogens (tertiary/aromatic N) is 3. The molecular formula is C14H11N3O3S. The molecule has 1 aliphatic heterocycles. The first kappa shape index (κ1) is 13.6. The van der Waals surface area contributed by atoms with Crippen LogP contribution in [0.2, 0.25) is 0 Å². The molecule has 1 aromatic heterocycles. The van der Waals surface area contributed by atoms with Crippen LogP contribution in [-0.2, 0) is 0 Å². The largest absolute Gasteiger partial charge is 0.292 e. The van der Waals surface area contributed by atoms with Crippen LogP contribution >= 0.6 is 11.8 Å². The average Bonchev–Trinajstić information content (AvgIpc) is 2.60. The summed E-state index contributed by atoms with van der Waals surface area (Å²) in [7, 11) is 0. The minimum Gasteiger partial charge on any atom is -0.292 e. The van der Waals surface area contributed by atoms with Crippen LogP contribution in [0.25, 0.3) is 0 Å². The first-order valence-corrected chi connectivity index (χ1v) is 7.16. The van der Waals surface area contributed by atoms with Crippen molar-refractivity contribution in [1.29, 1.82) is 0 Å². The fraction of sp³-hybridized carbons (Fsp3) is 0.143. The molecule has 0 atom stereocenters. The number of anilines is 1. The first-order chi connectivity index (χ1) is 10.1. The maximum atomic E-state index is 12.7. The quantitative estimate of drug-likeness (QED) is 0.629. The second kappa shape index (κ2) is 5.17. The van der Waals surface area contributed by atoms with Gasteiger partial charge in [-0.25, -0.2) is 4.98 Å². The molecule has 0 aliphatic carbocycles. The fourth-order valence-corrected chi connectivity index (χ4v) is 3.24. The van der Waals surface area contributed by atoms with Gasteiger partial charge in [0.15, 0.2) is 0 Å². The monoisotopic (exact) mass is 301 g/mol. The zero-order chi connectivity index (χ0) is 15.0. The highest BCUT2D eigenvalue weighted by Crippen LogP contribution is 2.40. The SMILES string of the molecule is CCN1C(=O)c2cc([N+](=O)[O-])ccc2Sc2cccnc21. The first-order valence-electron chi connectivity index (χ1n) is 6.35. The number of hydrogen-bond acceptors (Lipinski definition) is 5. The van der Waals surface area contributed by atoms with Crippen LogP contribution in [-0.4, -0.2) is 22.4 Å². The lowest BCUT2D eigenvalue weighted by Crippen LogP contribution is -2.31. The number of fused-ring (bicyclic) bond motifs is 2. The molecule has 1 amide bonds. The van der Waals surface area contributed by atoms with Gasteiger partial charge in [-0.1, -0.05) is 11.8 Å². The second-order valence-corrected chi connectivity index (χ2v) is 5.50. The van der Waals surface area contributed by atoms with Crippen LogP contribution in [0.1, 0.15) is 17.3 Å². The van der Waals surface area contributed by atoms with Crippen molar-refractivity contribution in [2.75, 3.05) is 11.4 Å². The number of nitro groups is 1. The van der Waals surface area contributed by atoms with Gasteiger partial charge < -0.3 is 0 Å². The van der Waals surface area contributed by atoms with Gasteiger partial charge in [0, 0.05) is 29.8 Å². The maximum absolute atomic E-state index is 12.7. The minimum atomic E-state index is -0.495.